The monoisotopic (exact) mass is 428 g/mol. The van der Waals surface area contributed by atoms with Gasteiger partial charge in [-0.1, -0.05) is 5.16 Å². The summed E-state index contributed by atoms with van der Waals surface area (Å²) in [7, 11) is 0. The molecule has 1 aromatic heterocycles. The van der Waals surface area contributed by atoms with Gasteiger partial charge in [-0.05, 0) is 49.2 Å². The zero-order chi connectivity index (χ0) is 21.8. The quantitative estimate of drug-likeness (QED) is 0.308. The van der Waals surface area contributed by atoms with E-state index in [0.717, 1.165) is 12.8 Å². The number of rotatable bonds is 9. The summed E-state index contributed by atoms with van der Waals surface area (Å²) in [5, 5.41) is 18.1. The number of hydrogen-bond donors (Lipinski definition) is 1. The molecule has 10 nitrogen and oxygen atoms in total. The summed E-state index contributed by atoms with van der Waals surface area (Å²) in [6, 6.07) is 9.79. The summed E-state index contributed by atoms with van der Waals surface area (Å²) in [6.45, 7) is -0.330. The third-order valence-corrected chi connectivity index (χ3v) is 4.39. The highest BCUT2D eigenvalue weighted by Gasteiger charge is 2.26. The van der Waals surface area contributed by atoms with Gasteiger partial charge in [0, 0.05) is 12.1 Å². The molecule has 3 aromatic rings. The Bertz CT molecular complexity index is 1100. The number of esters is 1. The van der Waals surface area contributed by atoms with Crippen molar-refractivity contribution in [2.24, 2.45) is 0 Å². The summed E-state index contributed by atoms with van der Waals surface area (Å²) >= 11 is 0. The molecule has 0 amide bonds. The molecule has 2 aromatic carbocycles. The Labute approximate surface area is 175 Å². The number of benzene rings is 2. The highest BCUT2D eigenvalue weighted by molar-refractivity contribution is 5.91. The number of ether oxygens (including phenoxy) is 2. The smallest absolute Gasteiger partial charge is 0.338 e. The molecule has 1 aliphatic rings. The Morgan fingerprint density at radius 2 is 2.00 bits per heavy atom. The second-order valence-corrected chi connectivity index (χ2v) is 6.83. The van der Waals surface area contributed by atoms with Crippen molar-refractivity contribution in [3.8, 4) is 5.75 Å². The van der Waals surface area contributed by atoms with E-state index in [0.29, 0.717) is 11.4 Å². The van der Waals surface area contributed by atoms with Crippen LogP contribution in [0.4, 0.5) is 15.8 Å². The number of anilines is 1. The minimum Gasteiger partial charge on any atom is -0.485 e. The molecule has 4 rings (SSSR count). The van der Waals surface area contributed by atoms with Crippen molar-refractivity contribution in [2.45, 2.75) is 32.1 Å². The van der Waals surface area contributed by atoms with Crippen molar-refractivity contribution in [2.75, 3.05) is 5.32 Å². The van der Waals surface area contributed by atoms with Gasteiger partial charge in [-0.25, -0.2) is 9.18 Å². The number of carbonyl (C=O) groups excluding carboxylic acids is 1. The minimum atomic E-state index is -0.761. The van der Waals surface area contributed by atoms with Crippen LogP contribution in [0.3, 0.4) is 0 Å². The van der Waals surface area contributed by atoms with Crippen LogP contribution < -0.4 is 10.1 Å². The molecular weight excluding hydrogens is 411 g/mol. The highest BCUT2D eigenvalue weighted by atomic mass is 19.1. The van der Waals surface area contributed by atoms with Crippen LogP contribution in [0, 0.1) is 15.9 Å². The van der Waals surface area contributed by atoms with Crippen LogP contribution in [0.15, 0.2) is 47.0 Å². The Morgan fingerprint density at radius 3 is 2.71 bits per heavy atom. The zero-order valence-corrected chi connectivity index (χ0v) is 16.1. The van der Waals surface area contributed by atoms with Gasteiger partial charge >= 0.3 is 5.97 Å². The maximum atomic E-state index is 12.9. The average Bonchev–Trinajstić information content (AvgIpc) is 3.46. The van der Waals surface area contributed by atoms with Crippen molar-refractivity contribution < 1.29 is 28.1 Å². The van der Waals surface area contributed by atoms with Crippen molar-refractivity contribution in [1.29, 1.82) is 0 Å². The van der Waals surface area contributed by atoms with Crippen molar-refractivity contribution in [3.63, 3.8) is 0 Å². The van der Waals surface area contributed by atoms with Gasteiger partial charge in [0.1, 0.15) is 17.3 Å². The molecular formula is C20H17FN4O6. The number of aromatic nitrogens is 2. The second kappa shape index (κ2) is 8.78. The zero-order valence-electron chi connectivity index (χ0n) is 16.1. The van der Waals surface area contributed by atoms with Gasteiger partial charge in [0.25, 0.3) is 11.6 Å². The summed E-state index contributed by atoms with van der Waals surface area (Å²) in [5.41, 5.74) is 0.207. The van der Waals surface area contributed by atoms with Crippen molar-refractivity contribution in [3.05, 3.63) is 75.7 Å². The van der Waals surface area contributed by atoms with E-state index in [2.05, 4.69) is 15.5 Å². The Hall–Kier alpha value is -4.02. The summed E-state index contributed by atoms with van der Waals surface area (Å²) in [5.74, 6) is -0.465. The van der Waals surface area contributed by atoms with Crippen LogP contribution >= 0.6 is 0 Å². The second-order valence-electron chi connectivity index (χ2n) is 6.83. The number of nitrogens with one attached hydrogen (secondary N) is 1. The maximum Gasteiger partial charge on any atom is 0.338 e. The third kappa shape index (κ3) is 5.32. The van der Waals surface area contributed by atoms with Crippen LogP contribution in [0.1, 0.15) is 34.9 Å². The van der Waals surface area contributed by atoms with Crippen LogP contribution in [0.5, 0.6) is 5.75 Å². The highest BCUT2D eigenvalue weighted by Crippen LogP contribution is 2.31. The standard InChI is InChI=1S/C20H17FN4O6/c21-13-2-6-15(7-3-13)29-10-18-23-19(31-24-18)11-30-20(26)12-1-8-16(22-14-4-5-14)17(9-12)25(27)28/h1-3,6-9,14,22H,4-5,10-11H2. The molecule has 0 saturated heterocycles. The third-order valence-electron chi connectivity index (χ3n) is 4.39. The van der Waals surface area contributed by atoms with E-state index in [1.54, 1.807) is 0 Å². The minimum absolute atomic E-state index is 0.0231. The van der Waals surface area contributed by atoms with E-state index in [4.69, 9.17) is 14.0 Å². The van der Waals surface area contributed by atoms with Crippen LogP contribution in [0.2, 0.25) is 0 Å². The van der Waals surface area contributed by atoms with Gasteiger partial charge in [-0.2, -0.15) is 4.98 Å². The molecule has 0 unspecified atom stereocenters. The Kier molecular flexibility index (Phi) is 5.74. The lowest BCUT2D eigenvalue weighted by Crippen LogP contribution is -2.09. The molecule has 1 aliphatic carbocycles. The van der Waals surface area contributed by atoms with Gasteiger partial charge in [0.2, 0.25) is 5.82 Å². The fraction of sp³-hybridized carbons (Fsp3) is 0.250. The SMILES string of the molecule is O=C(OCc1nc(COc2ccc(F)cc2)no1)c1ccc(NC2CC2)c([N+](=O)[O-])c1. The van der Waals surface area contributed by atoms with Gasteiger partial charge in [0.15, 0.2) is 13.2 Å². The topological polar surface area (TPSA) is 130 Å². The first-order chi connectivity index (χ1) is 15.0. The van der Waals surface area contributed by atoms with E-state index in [9.17, 15) is 19.3 Å². The van der Waals surface area contributed by atoms with E-state index in [-0.39, 0.29) is 48.0 Å². The molecule has 1 N–H and O–H groups in total. The van der Waals surface area contributed by atoms with Gasteiger partial charge in [-0.15, -0.1) is 0 Å². The number of carbonyl (C=O) groups is 1. The maximum absolute atomic E-state index is 12.9. The van der Waals surface area contributed by atoms with Gasteiger partial charge in [0.05, 0.1) is 10.5 Å². The van der Waals surface area contributed by atoms with Gasteiger partial charge in [-0.3, -0.25) is 10.1 Å². The summed E-state index contributed by atoms with van der Waals surface area (Å²) < 4.78 is 28.4. The lowest BCUT2D eigenvalue weighted by atomic mass is 10.1. The van der Waals surface area contributed by atoms with E-state index < -0.39 is 10.9 Å². The van der Waals surface area contributed by atoms with Crippen molar-refractivity contribution >= 4 is 17.3 Å². The number of hydrogen-bond acceptors (Lipinski definition) is 9. The first-order valence-electron chi connectivity index (χ1n) is 9.40. The van der Waals surface area contributed by atoms with Gasteiger partial charge < -0.3 is 19.3 Å². The fourth-order valence-electron chi connectivity index (χ4n) is 2.68. The first-order valence-corrected chi connectivity index (χ1v) is 9.40. The van der Waals surface area contributed by atoms with E-state index >= 15 is 0 Å². The number of halogens is 1. The molecule has 1 fully saturated rings. The Morgan fingerprint density at radius 1 is 1.23 bits per heavy atom. The van der Waals surface area contributed by atoms with E-state index in [1.165, 1.54) is 42.5 Å². The number of nitrogens with zero attached hydrogens (tertiary/aromatic N) is 3. The Balaban J connectivity index is 1.32. The summed E-state index contributed by atoms with van der Waals surface area (Å²) in [6.07, 6.45) is 1.92. The molecule has 1 heterocycles. The molecule has 0 atom stereocenters. The molecule has 160 valence electrons. The predicted molar refractivity (Wildman–Crippen MR) is 104 cm³/mol. The molecule has 1 saturated carbocycles. The molecule has 0 spiro atoms. The number of nitro groups is 1. The summed E-state index contributed by atoms with van der Waals surface area (Å²) in [4.78, 5) is 27.1. The fourth-order valence-corrected chi connectivity index (χ4v) is 2.68. The van der Waals surface area contributed by atoms with Crippen LogP contribution in [-0.2, 0) is 18.0 Å². The lowest BCUT2D eigenvalue weighted by Gasteiger charge is -2.07. The predicted octanol–water partition coefficient (Wildman–Crippen LogP) is 3.63. The molecule has 11 heteroatoms. The largest absolute Gasteiger partial charge is 0.485 e. The molecule has 0 radical (unpaired) electrons. The molecule has 0 bridgehead atoms. The van der Waals surface area contributed by atoms with Crippen molar-refractivity contribution in [1.82, 2.24) is 10.1 Å². The average molecular weight is 428 g/mol. The molecule has 0 aliphatic heterocycles. The first kappa shape index (κ1) is 20.3. The van der Waals surface area contributed by atoms with E-state index in [1.807, 2.05) is 0 Å². The normalized spacial score (nSPS) is 12.9. The van der Waals surface area contributed by atoms with Crippen LogP contribution in [-0.4, -0.2) is 27.1 Å². The van der Waals surface area contributed by atoms with Crippen LogP contribution in [0.25, 0.3) is 0 Å². The lowest BCUT2D eigenvalue weighted by molar-refractivity contribution is -0.384. The number of nitro benzene ring substituents is 1. The molecule has 31 heavy (non-hydrogen) atoms.